The molecule has 0 aliphatic carbocycles. The highest BCUT2D eigenvalue weighted by atomic mass is 35.5. The van der Waals surface area contributed by atoms with Crippen LogP contribution in [0.3, 0.4) is 0 Å². The van der Waals surface area contributed by atoms with Crippen molar-refractivity contribution in [3.8, 4) is 0 Å². The van der Waals surface area contributed by atoms with Crippen molar-refractivity contribution >= 4 is 24.0 Å². The Labute approximate surface area is 115 Å². The first-order valence-corrected chi connectivity index (χ1v) is 5.88. The number of aliphatic hydroxyl groups excluding tert-OH is 1. The van der Waals surface area contributed by atoms with Gasteiger partial charge < -0.3 is 10.8 Å². The summed E-state index contributed by atoms with van der Waals surface area (Å²) in [4.78, 5) is 0. The molecule has 1 aromatic rings. The summed E-state index contributed by atoms with van der Waals surface area (Å²) in [5, 5.41) is 10.7. The molecule has 1 aromatic carbocycles. The lowest BCUT2D eigenvalue weighted by Crippen LogP contribution is -2.36. The maximum atomic E-state index is 10.1. The summed E-state index contributed by atoms with van der Waals surface area (Å²) in [5.74, 6) is 0. The van der Waals surface area contributed by atoms with Crippen molar-refractivity contribution in [2.45, 2.75) is 39.3 Å². The van der Waals surface area contributed by atoms with Crippen LogP contribution in [0.1, 0.15) is 38.9 Å². The summed E-state index contributed by atoms with van der Waals surface area (Å²) in [6.45, 7) is 6.20. The van der Waals surface area contributed by atoms with E-state index < -0.39 is 6.10 Å². The number of nitrogens with two attached hydrogens (primary N) is 1. The van der Waals surface area contributed by atoms with E-state index in [1.54, 1.807) is 6.07 Å². The average molecular weight is 278 g/mol. The van der Waals surface area contributed by atoms with Crippen LogP contribution in [0.5, 0.6) is 0 Å². The summed E-state index contributed by atoms with van der Waals surface area (Å²) in [5.41, 5.74) is 6.78. The first-order chi connectivity index (χ1) is 7.32. The van der Waals surface area contributed by atoms with E-state index in [1.807, 2.05) is 18.2 Å². The van der Waals surface area contributed by atoms with Gasteiger partial charge in [-0.15, -0.1) is 12.4 Å². The molecular formula is C13H21Cl2NO. The normalized spacial score (nSPS) is 14.9. The van der Waals surface area contributed by atoms with Gasteiger partial charge in [-0.05, 0) is 23.5 Å². The number of aliphatic hydroxyl groups is 1. The molecule has 0 unspecified atom stereocenters. The van der Waals surface area contributed by atoms with Crippen LogP contribution in [0.4, 0.5) is 0 Å². The molecular weight excluding hydrogens is 257 g/mol. The second-order valence-corrected chi connectivity index (χ2v) is 5.65. The van der Waals surface area contributed by atoms with Gasteiger partial charge in [0, 0.05) is 11.1 Å². The zero-order chi connectivity index (χ0) is 12.3. The fourth-order valence-corrected chi connectivity index (χ4v) is 1.73. The fourth-order valence-electron chi connectivity index (χ4n) is 1.47. The molecule has 0 radical (unpaired) electrons. The minimum atomic E-state index is -0.595. The molecule has 0 aliphatic heterocycles. The smallest absolute Gasteiger partial charge is 0.0819 e. The topological polar surface area (TPSA) is 46.2 Å². The van der Waals surface area contributed by atoms with Gasteiger partial charge in [-0.3, -0.25) is 0 Å². The second-order valence-electron chi connectivity index (χ2n) is 5.25. The van der Waals surface area contributed by atoms with Crippen molar-refractivity contribution in [3.63, 3.8) is 0 Å². The number of benzene rings is 1. The summed E-state index contributed by atoms with van der Waals surface area (Å²) in [7, 11) is 0. The molecule has 0 bridgehead atoms. The van der Waals surface area contributed by atoms with Gasteiger partial charge in [-0.2, -0.15) is 0 Å². The van der Waals surface area contributed by atoms with Crippen LogP contribution in [0.25, 0.3) is 0 Å². The molecule has 0 spiro atoms. The highest BCUT2D eigenvalue weighted by molar-refractivity contribution is 6.31. The zero-order valence-electron chi connectivity index (χ0n) is 10.5. The zero-order valence-corrected chi connectivity index (χ0v) is 12.1. The average Bonchev–Trinajstić information content (AvgIpc) is 2.16. The fraction of sp³-hybridized carbons (Fsp3) is 0.538. The number of hydrogen-bond acceptors (Lipinski definition) is 2. The van der Waals surface area contributed by atoms with E-state index in [4.69, 9.17) is 17.3 Å². The van der Waals surface area contributed by atoms with Crippen LogP contribution >= 0.6 is 24.0 Å². The summed E-state index contributed by atoms with van der Waals surface area (Å²) in [6.07, 6.45) is -0.0734. The molecule has 4 heteroatoms. The number of halogens is 2. The Bertz CT molecular complexity index is 350. The minimum Gasteiger partial charge on any atom is -0.388 e. The van der Waals surface area contributed by atoms with Gasteiger partial charge in [-0.25, -0.2) is 0 Å². The molecule has 1 rings (SSSR count). The van der Waals surface area contributed by atoms with Gasteiger partial charge >= 0.3 is 0 Å². The number of hydrogen-bond donors (Lipinski definition) is 2. The molecule has 0 aliphatic rings. The van der Waals surface area contributed by atoms with E-state index in [0.29, 0.717) is 11.4 Å². The Hall–Kier alpha value is -0.280. The molecule has 0 aromatic heterocycles. The lowest BCUT2D eigenvalue weighted by atomic mass is 9.83. The van der Waals surface area contributed by atoms with E-state index in [2.05, 4.69) is 20.8 Å². The van der Waals surface area contributed by atoms with Gasteiger partial charge in [0.15, 0.2) is 0 Å². The van der Waals surface area contributed by atoms with E-state index in [1.165, 1.54) is 0 Å². The summed E-state index contributed by atoms with van der Waals surface area (Å²) in [6, 6.07) is 7.28. The van der Waals surface area contributed by atoms with Crippen molar-refractivity contribution in [3.05, 3.63) is 34.9 Å². The first kappa shape index (κ1) is 16.7. The Morgan fingerprint density at radius 2 is 1.82 bits per heavy atom. The third-order valence-electron chi connectivity index (χ3n) is 2.85. The molecule has 0 saturated carbocycles. The van der Waals surface area contributed by atoms with Gasteiger partial charge in [0.2, 0.25) is 0 Å². The van der Waals surface area contributed by atoms with Gasteiger partial charge in [0.1, 0.15) is 0 Å². The lowest BCUT2D eigenvalue weighted by Gasteiger charge is -2.29. The second kappa shape index (κ2) is 6.60. The maximum Gasteiger partial charge on any atom is 0.0819 e. The summed E-state index contributed by atoms with van der Waals surface area (Å²) < 4.78 is 0. The standard InChI is InChI=1S/C13H20ClNO.ClH/c1-13(2,3)12(15)8-11(16)9-6-4-5-7-10(9)14;/h4-7,11-12,16H,8,15H2,1-3H3;1H/t11-,12+;/m0./s1. The molecule has 98 valence electrons. The van der Waals surface area contributed by atoms with Crippen molar-refractivity contribution in [1.29, 1.82) is 0 Å². The predicted molar refractivity (Wildman–Crippen MR) is 75.7 cm³/mol. The summed E-state index contributed by atoms with van der Waals surface area (Å²) >= 11 is 6.02. The monoisotopic (exact) mass is 277 g/mol. The van der Waals surface area contributed by atoms with E-state index in [9.17, 15) is 5.11 Å². The highest BCUT2D eigenvalue weighted by Crippen LogP contribution is 2.29. The first-order valence-electron chi connectivity index (χ1n) is 5.50. The third kappa shape index (κ3) is 4.84. The van der Waals surface area contributed by atoms with Gasteiger partial charge in [0.25, 0.3) is 0 Å². The SMILES string of the molecule is CC(C)(C)[C@H](N)C[C@H](O)c1ccccc1Cl.Cl. The van der Waals surface area contributed by atoms with Crippen LogP contribution in [-0.4, -0.2) is 11.1 Å². The van der Waals surface area contributed by atoms with Crippen molar-refractivity contribution < 1.29 is 5.11 Å². The van der Waals surface area contributed by atoms with Crippen LogP contribution in [0.15, 0.2) is 24.3 Å². The molecule has 2 nitrogen and oxygen atoms in total. The third-order valence-corrected chi connectivity index (χ3v) is 3.20. The van der Waals surface area contributed by atoms with Crippen molar-refractivity contribution in [2.75, 3.05) is 0 Å². The molecule has 2 atom stereocenters. The Morgan fingerprint density at radius 3 is 2.29 bits per heavy atom. The van der Waals surface area contributed by atoms with Crippen molar-refractivity contribution in [2.24, 2.45) is 11.1 Å². The van der Waals surface area contributed by atoms with Crippen LogP contribution in [-0.2, 0) is 0 Å². The Kier molecular flexibility index (Phi) is 6.49. The van der Waals surface area contributed by atoms with E-state index in [0.717, 1.165) is 5.56 Å². The predicted octanol–water partition coefficient (Wildman–Crippen LogP) is 3.56. The Morgan fingerprint density at radius 1 is 1.29 bits per heavy atom. The minimum absolute atomic E-state index is 0. The van der Waals surface area contributed by atoms with Crippen LogP contribution < -0.4 is 5.73 Å². The van der Waals surface area contributed by atoms with Crippen LogP contribution in [0, 0.1) is 5.41 Å². The van der Waals surface area contributed by atoms with Gasteiger partial charge in [0.05, 0.1) is 6.10 Å². The number of rotatable bonds is 3. The van der Waals surface area contributed by atoms with Gasteiger partial charge in [-0.1, -0.05) is 50.6 Å². The molecule has 17 heavy (non-hydrogen) atoms. The Balaban J connectivity index is 0.00000256. The molecule has 3 N–H and O–H groups in total. The largest absolute Gasteiger partial charge is 0.388 e. The van der Waals surface area contributed by atoms with Crippen LogP contribution in [0.2, 0.25) is 5.02 Å². The molecule has 0 amide bonds. The maximum absolute atomic E-state index is 10.1. The van der Waals surface area contributed by atoms with Crippen molar-refractivity contribution in [1.82, 2.24) is 0 Å². The molecule has 0 fully saturated rings. The quantitative estimate of drug-likeness (QED) is 0.888. The highest BCUT2D eigenvalue weighted by Gasteiger charge is 2.24. The molecule has 0 heterocycles. The van der Waals surface area contributed by atoms with E-state index >= 15 is 0 Å². The van der Waals surface area contributed by atoms with E-state index in [-0.39, 0.29) is 23.9 Å². The lowest BCUT2D eigenvalue weighted by molar-refractivity contribution is 0.133. The molecule has 0 saturated heterocycles.